The van der Waals surface area contributed by atoms with Crippen LogP contribution >= 0.6 is 0 Å². The van der Waals surface area contributed by atoms with E-state index in [1.165, 1.54) is 44.1 Å². The minimum atomic E-state index is 0. The van der Waals surface area contributed by atoms with Crippen molar-refractivity contribution < 1.29 is 24.0 Å². The van der Waals surface area contributed by atoms with Gasteiger partial charge in [-0.2, -0.15) is 0 Å². The summed E-state index contributed by atoms with van der Waals surface area (Å²) in [5, 5.41) is 11.2. The van der Waals surface area contributed by atoms with Crippen molar-refractivity contribution in [3.63, 3.8) is 0 Å². The van der Waals surface area contributed by atoms with Crippen molar-refractivity contribution in [3.05, 3.63) is 29.8 Å². The van der Waals surface area contributed by atoms with Crippen LogP contribution in [0.5, 0.6) is 5.75 Å². The van der Waals surface area contributed by atoms with Gasteiger partial charge in [0.05, 0.1) is 0 Å². The Morgan fingerprint density at radius 2 is 1.28 bits per heavy atom. The Bertz CT molecular complexity index is 402. The zero-order chi connectivity index (χ0) is 11.5. The average molecular weight is 234 g/mol. The van der Waals surface area contributed by atoms with Crippen molar-refractivity contribution in [1.29, 1.82) is 0 Å². The topological polar surface area (TPSA) is 23.1 Å². The quantitative estimate of drug-likeness (QED) is 0.638. The van der Waals surface area contributed by atoms with Crippen molar-refractivity contribution in [2.24, 2.45) is 17.8 Å². The molecule has 1 nitrogen and oxygen atoms in total. The fourth-order valence-corrected chi connectivity index (χ4v) is 5.27. The molecule has 4 fully saturated rings. The van der Waals surface area contributed by atoms with Gasteiger partial charge in [0.2, 0.25) is 0 Å². The SMILES string of the molecule is [Li+].[O-]c1ccc(C23CC4CC(CC(C4)C2)C3)cc1. The van der Waals surface area contributed by atoms with Crippen LogP contribution in [0, 0.1) is 17.8 Å². The second kappa shape index (κ2) is 4.32. The van der Waals surface area contributed by atoms with Gasteiger partial charge in [-0.25, -0.2) is 0 Å². The van der Waals surface area contributed by atoms with Gasteiger partial charge in [-0.1, -0.05) is 24.3 Å². The summed E-state index contributed by atoms with van der Waals surface area (Å²) in [4.78, 5) is 0. The van der Waals surface area contributed by atoms with Gasteiger partial charge in [0.25, 0.3) is 0 Å². The molecule has 0 unspecified atom stereocenters. The van der Waals surface area contributed by atoms with E-state index in [1.807, 2.05) is 0 Å². The normalized spacial score (nSPS) is 40.6. The maximum absolute atomic E-state index is 11.2. The Morgan fingerprint density at radius 3 is 1.72 bits per heavy atom. The number of hydrogen-bond acceptors (Lipinski definition) is 1. The maximum atomic E-state index is 11.2. The fourth-order valence-electron chi connectivity index (χ4n) is 5.27. The molecule has 1 aromatic carbocycles. The van der Waals surface area contributed by atoms with Crippen molar-refractivity contribution in [2.45, 2.75) is 43.9 Å². The van der Waals surface area contributed by atoms with E-state index >= 15 is 0 Å². The summed E-state index contributed by atoms with van der Waals surface area (Å²) in [6, 6.07) is 7.73. The van der Waals surface area contributed by atoms with Crippen LogP contribution in [-0.4, -0.2) is 0 Å². The Hall–Kier alpha value is -0.383. The maximum Gasteiger partial charge on any atom is 1.00 e. The molecule has 0 aliphatic heterocycles. The summed E-state index contributed by atoms with van der Waals surface area (Å²) in [7, 11) is 0. The monoisotopic (exact) mass is 234 g/mol. The summed E-state index contributed by atoms with van der Waals surface area (Å²) in [6.07, 6.45) is 8.61. The Balaban J connectivity index is 0.000001000. The third-order valence-electron chi connectivity index (χ3n) is 5.50. The first kappa shape index (κ1) is 12.6. The van der Waals surface area contributed by atoms with Gasteiger partial charge >= 0.3 is 18.9 Å². The van der Waals surface area contributed by atoms with E-state index in [0.29, 0.717) is 5.41 Å². The van der Waals surface area contributed by atoms with Gasteiger partial charge in [-0.05, 0) is 67.3 Å². The average Bonchev–Trinajstić information content (AvgIpc) is 2.27. The van der Waals surface area contributed by atoms with Crippen LogP contribution in [0.4, 0.5) is 0 Å². The van der Waals surface area contributed by atoms with E-state index in [2.05, 4.69) is 12.1 Å². The molecule has 0 radical (unpaired) electrons. The minimum Gasteiger partial charge on any atom is -0.872 e. The first-order valence-electron chi connectivity index (χ1n) is 7.01. The number of rotatable bonds is 1. The van der Waals surface area contributed by atoms with Crippen molar-refractivity contribution in [2.75, 3.05) is 0 Å². The second-order valence-electron chi connectivity index (χ2n) is 6.72. The van der Waals surface area contributed by atoms with Crippen LogP contribution in [0.25, 0.3) is 0 Å². The molecule has 0 N–H and O–H groups in total. The van der Waals surface area contributed by atoms with Crippen molar-refractivity contribution in [1.82, 2.24) is 0 Å². The molecule has 5 rings (SSSR count). The molecule has 0 amide bonds. The number of hydrogen-bond donors (Lipinski definition) is 0. The third kappa shape index (κ3) is 1.84. The zero-order valence-corrected chi connectivity index (χ0v) is 11.2. The van der Waals surface area contributed by atoms with E-state index in [9.17, 15) is 5.11 Å². The van der Waals surface area contributed by atoms with Crippen LogP contribution in [-0.2, 0) is 5.41 Å². The molecule has 0 heterocycles. The summed E-state index contributed by atoms with van der Waals surface area (Å²) in [5.41, 5.74) is 1.90. The summed E-state index contributed by atoms with van der Waals surface area (Å²) >= 11 is 0. The van der Waals surface area contributed by atoms with Crippen LogP contribution in [0.2, 0.25) is 0 Å². The standard InChI is InChI=1S/C16H20O.Li/c17-15-3-1-14(2-4-15)16-8-11-5-12(9-16)7-13(6-11)10-16;/h1-4,11-13,17H,5-10H2;/q;+1/p-1. The van der Waals surface area contributed by atoms with Crippen LogP contribution < -0.4 is 24.0 Å². The predicted molar refractivity (Wildman–Crippen MR) is 65.7 cm³/mol. The number of benzene rings is 1. The molecule has 1 aromatic rings. The molecule has 0 saturated heterocycles. The van der Waals surface area contributed by atoms with Crippen LogP contribution in [0.15, 0.2) is 24.3 Å². The molecular formula is C16H19LiO. The van der Waals surface area contributed by atoms with Gasteiger partial charge in [-0.3, -0.25) is 0 Å². The Kier molecular flexibility index (Phi) is 3.04. The fraction of sp³-hybridized carbons (Fsp3) is 0.625. The molecule has 4 bridgehead atoms. The molecular weight excluding hydrogens is 215 g/mol. The van der Waals surface area contributed by atoms with Gasteiger partial charge < -0.3 is 5.11 Å². The van der Waals surface area contributed by atoms with Gasteiger partial charge in [-0.15, -0.1) is 5.75 Å². The van der Waals surface area contributed by atoms with Crippen LogP contribution in [0.1, 0.15) is 44.1 Å². The van der Waals surface area contributed by atoms with E-state index in [4.69, 9.17) is 0 Å². The molecule has 4 saturated carbocycles. The summed E-state index contributed by atoms with van der Waals surface area (Å²) in [6.45, 7) is 0. The molecule has 0 aromatic heterocycles. The predicted octanol–water partition coefficient (Wildman–Crippen LogP) is 0.232. The van der Waals surface area contributed by atoms with Gasteiger partial charge in [0.15, 0.2) is 0 Å². The molecule has 4 aliphatic carbocycles. The Labute approximate surface area is 121 Å². The van der Waals surface area contributed by atoms with E-state index < -0.39 is 0 Å². The first-order valence-corrected chi connectivity index (χ1v) is 7.01. The molecule has 2 heteroatoms. The smallest absolute Gasteiger partial charge is 0.872 e. The van der Waals surface area contributed by atoms with E-state index in [1.54, 1.807) is 12.1 Å². The van der Waals surface area contributed by atoms with E-state index in [-0.39, 0.29) is 24.6 Å². The molecule has 18 heavy (non-hydrogen) atoms. The summed E-state index contributed by atoms with van der Waals surface area (Å²) < 4.78 is 0. The Morgan fingerprint density at radius 1 is 0.833 bits per heavy atom. The van der Waals surface area contributed by atoms with E-state index in [0.717, 1.165) is 17.8 Å². The third-order valence-corrected chi connectivity index (χ3v) is 5.50. The molecule has 4 aliphatic rings. The van der Waals surface area contributed by atoms with Gasteiger partial charge in [0.1, 0.15) is 0 Å². The van der Waals surface area contributed by atoms with Crippen LogP contribution in [0.3, 0.4) is 0 Å². The van der Waals surface area contributed by atoms with Gasteiger partial charge in [0, 0.05) is 0 Å². The molecule has 90 valence electrons. The van der Waals surface area contributed by atoms with Crippen molar-refractivity contribution in [3.8, 4) is 5.75 Å². The molecule has 0 atom stereocenters. The molecule has 0 spiro atoms. The minimum absolute atomic E-state index is 0. The first-order chi connectivity index (χ1) is 8.23. The second-order valence-corrected chi connectivity index (χ2v) is 6.72. The zero-order valence-electron chi connectivity index (χ0n) is 11.2. The largest absolute Gasteiger partial charge is 1.00 e. The van der Waals surface area contributed by atoms with Crippen molar-refractivity contribution >= 4 is 0 Å². The summed E-state index contributed by atoms with van der Waals surface area (Å²) in [5.74, 6) is 3.09.